The second-order valence-corrected chi connectivity index (χ2v) is 7.19. The third kappa shape index (κ3) is 5.19. The molecule has 0 bridgehead atoms. The van der Waals surface area contributed by atoms with Crippen LogP contribution < -0.4 is 10.1 Å². The van der Waals surface area contributed by atoms with Crippen molar-refractivity contribution >= 4 is 40.4 Å². The van der Waals surface area contributed by atoms with Gasteiger partial charge in [0.1, 0.15) is 29.0 Å². The lowest BCUT2D eigenvalue weighted by atomic mass is 10.1. The maximum absolute atomic E-state index is 14.0. The summed E-state index contributed by atoms with van der Waals surface area (Å²) in [6.45, 7) is 0.352. The van der Waals surface area contributed by atoms with Crippen molar-refractivity contribution in [2.24, 2.45) is 0 Å². The molecule has 0 fully saturated rings. The smallest absolute Gasteiger partial charge is 0.131 e. The molecule has 0 aromatic heterocycles. The molecule has 0 radical (unpaired) electrons. The van der Waals surface area contributed by atoms with Crippen molar-refractivity contribution in [2.45, 2.75) is 13.2 Å². The van der Waals surface area contributed by atoms with Crippen molar-refractivity contribution in [2.75, 3.05) is 0 Å². The first-order chi connectivity index (χ1) is 13.4. The fourth-order valence-electron chi connectivity index (χ4n) is 2.51. The third-order valence-corrected chi connectivity index (χ3v) is 4.94. The van der Waals surface area contributed by atoms with E-state index in [9.17, 15) is 8.78 Å². The molecule has 3 aromatic carbocycles. The van der Waals surface area contributed by atoms with Gasteiger partial charge >= 0.3 is 0 Å². The van der Waals surface area contributed by atoms with E-state index in [1.54, 1.807) is 36.4 Å². The fourth-order valence-corrected chi connectivity index (χ4v) is 3.13. The topological polar surface area (TPSA) is 21.3 Å². The van der Waals surface area contributed by atoms with Crippen molar-refractivity contribution in [1.29, 1.82) is 0 Å². The SMILES string of the molecule is Fc1ccc(CNC(=S)c2cc(Cl)ccc2OCc2c(F)cccc2Cl)cc1. The number of benzene rings is 3. The second-order valence-electron chi connectivity index (χ2n) is 5.94. The van der Waals surface area contributed by atoms with Crippen molar-refractivity contribution in [1.82, 2.24) is 5.32 Å². The van der Waals surface area contributed by atoms with Gasteiger partial charge in [-0.1, -0.05) is 53.6 Å². The molecule has 28 heavy (non-hydrogen) atoms. The molecule has 0 spiro atoms. The molecule has 0 aliphatic heterocycles. The molecule has 3 aromatic rings. The average Bonchev–Trinajstić information content (AvgIpc) is 2.68. The molecule has 0 saturated carbocycles. The summed E-state index contributed by atoms with van der Waals surface area (Å²) >= 11 is 17.6. The Bertz CT molecular complexity index is 976. The Kier molecular flexibility index (Phi) is 6.83. The molecule has 7 heteroatoms. The predicted octanol–water partition coefficient (Wildman–Crippen LogP) is 6.32. The molecule has 0 heterocycles. The number of hydrogen-bond acceptors (Lipinski definition) is 2. The van der Waals surface area contributed by atoms with Crippen molar-refractivity contribution in [3.05, 3.63) is 99.0 Å². The van der Waals surface area contributed by atoms with E-state index in [0.717, 1.165) is 5.56 Å². The van der Waals surface area contributed by atoms with Gasteiger partial charge in [-0.3, -0.25) is 0 Å². The van der Waals surface area contributed by atoms with Crippen LogP contribution in [0.3, 0.4) is 0 Å². The third-order valence-electron chi connectivity index (χ3n) is 3.99. The second kappa shape index (κ2) is 9.32. The number of halogens is 4. The van der Waals surface area contributed by atoms with E-state index in [4.69, 9.17) is 40.2 Å². The zero-order valence-electron chi connectivity index (χ0n) is 14.5. The van der Waals surface area contributed by atoms with Crippen molar-refractivity contribution in [3.8, 4) is 5.75 Å². The van der Waals surface area contributed by atoms with Crippen LogP contribution in [0.2, 0.25) is 10.0 Å². The summed E-state index contributed by atoms with van der Waals surface area (Å²) < 4.78 is 32.7. The average molecular weight is 438 g/mol. The minimum Gasteiger partial charge on any atom is -0.488 e. The number of ether oxygens (including phenoxy) is 1. The van der Waals surface area contributed by atoms with Crippen molar-refractivity contribution in [3.63, 3.8) is 0 Å². The van der Waals surface area contributed by atoms with Crippen LogP contribution in [0.1, 0.15) is 16.7 Å². The maximum Gasteiger partial charge on any atom is 0.131 e. The summed E-state index contributed by atoms with van der Waals surface area (Å²) in [5, 5.41) is 3.86. The van der Waals surface area contributed by atoms with Crippen LogP contribution in [0, 0.1) is 11.6 Å². The summed E-state index contributed by atoms with van der Waals surface area (Å²) in [7, 11) is 0. The van der Waals surface area contributed by atoms with Gasteiger partial charge in [0.25, 0.3) is 0 Å². The van der Waals surface area contributed by atoms with E-state index in [2.05, 4.69) is 5.32 Å². The Morgan fingerprint density at radius 1 is 1.00 bits per heavy atom. The van der Waals surface area contributed by atoms with Gasteiger partial charge in [0.05, 0.1) is 10.6 Å². The molecule has 144 valence electrons. The highest BCUT2D eigenvalue weighted by molar-refractivity contribution is 7.80. The zero-order chi connectivity index (χ0) is 20.1. The standard InChI is InChI=1S/C21H15Cl2F2NOS/c22-14-6-9-20(27-12-17-18(23)2-1-3-19(17)25)16(10-14)21(28)26-11-13-4-7-15(24)8-5-13/h1-10H,11-12H2,(H,26,28). The largest absolute Gasteiger partial charge is 0.488 e. The molecule has 0 amide bonds. The summed E-state index contributed by atoms with van der Waals surface area (Å²) in [4.78, 5) is 0.404. The minimum atomic E-state index is -0.444. The molecular weight excluding hydrogens is 423 g/mol. The first kappa shape index (κ1) is 20.5. The van der Waals surface area contributed by atoms with Gasteiger partial charge in [0.2, 0.25) is 0 Å². The van der Waals surface area contributed by atoms with Gasteiger partial charge in [0.15, 0.2) is 0 Å². The van der Waals surface area contributed by atoms with E-state index >= 15 is 0 Å². The van der Waals surface area contributed by atoms with Gasteiger partial charge in [-0.05, 0) is 48.0 Å². The quantitative estimate of drug-likeness (QED) is 0.456. The van der Waals surface area contributed by atoms with E-state index in [0.29, 0.717) is 27.9 Å². The monoisotopic (exact) mass is 437 g/mol. The molecule has 1 N–H and O–H groups in total. The molecular formula is C21H15Cl2F2NOS. The zero-order valence-corrected chi connectivity index (χ0v) is 16.8. The fraction of sp³-hybridized carbons (Fsp3) is 0.0952. The lowest BCUT2D eigenvalue weighted by molar-refractivity contribution is 0.299. The molecule has 3 rings (SSSR count). The Morgan fingerprint density at radius 2 is 1.75 bits per heavy atom. The van der Waals surface area contributed by atoms with Gasteiger partial charge in [-0.25, -0.2) is 8.78 Å². The van der Waals surface area contributed by atoms with Crippen LogP contribution in [0.4, 0.5) is 8.78 Å². The van der Waals surface area contributed by atoms with Crippen LogP contribution in [-0.4, -0.2) is 4.99 Å². The minimum absolute atomic E-state index is 0.0548. The van der Waals surface area contributed by atoms with Crippen LogP contribution in [0.5, 0.6) is 5.75 Å². The Labute approximate surface area is 177 Å². The summed E-state index contributed by atoms with van der Waals surface area (Å²) in [5.74, 6) is -0.302. The number of hydrogen-bond donors (Lipinski definition) is 1. The van der Waals surface area contributed by atoms with Crippen LogP contribution in [-0.2, 0) is 13.2 Å². The lowest BCUT2D eigenvalue weighted by Crippen LogP contribution is -2.22. The van der Waals surface area contributed by atoms with Gasteiger partial charge in [-0.15, -0.1) is 0 Å². The summed E-state index contributed by atoms with van der Waals surface area (Å²) in [6.07, 6.45) is 0. The number of rotatable bonds is 6. The highest BCUT2D eigenvalue weighted by Crippen LogP contribution is 2.26. The van der Waals surface area contributed by atoms with E-state index in [1.165, 1.54) is 24.3 Å². The predicted molar refractivity (Wildman–Crippen MR) is 112 cm³/mol. The first-order valence-electron chi connectivity index (χ1n) is 8.32. The first-order valence-corrected chi connectivity index (χ1v) is 9.48. The van der Waals surface area contributed by atoms with Gasteiger partial charge in [-0.2, -0.15) is 0 Å². The Hall–Kier alpha value is -2.21. The van der Waals surface area contributed by atoms with Crippen LogP contribution in [0.15, 0.2) is 60.7 Å². The van der Waals surface area contributed by atoms with Crippen LogP contribution >= 0.6 is 35.4 Å². The highest BCUT2D eigenvalue weighted by Gasteiger charge is 2.13. The van der Waals surface area contributed by atoms with Crippen LogP contribution in [0.25, 0.3) is 0 Å². The Balaban J connectivity index is 1.74. The lowest BCUT2D eigenvalue weighted by Gasteiger charge is -2.15. The summed E-state index contributed by atoms with van der Waals surface area (Å²) in [5.41, 5.74) is 1.69. The molecule has 0 unspecified atom stereocenters. The van der Waals surface area contributed by atoms with E-state index < -0.39 is 5.82 Å². The molecule has 0 aliphatic carbocycles. The number of nitrogens with one attached hydrogen (secondary N) is 1. The van der Waals surface area contributed by atoms with Gasteiger partial charge < -0.3 is 10.1 Å². The summed E-state index contributed by atoms with van der Waals surface area (Å²) in [6, 6.07) is 15.5. The normalized spacial score (nSPS) is 10.6. The molecule has 0 aliphatic rings. The Morgan fingerprint density at radius 3 is 2.46 bits per heavy atom. The molecule has 2 nitrogen and oxygen atoms in total. The van der Waals surface area contributed by atoms with E-state index in [1.807, 2.05) is 0 Å². The maximum atomic E-state index is 14.0. The van der Waals surface area contributed by atoms with E-state index in [-0.39, 0.29) is 23.0 Å². The number of thiocarbonyl (C=S) groups is 1. The highest BCUT2D eigenvalue weighted by atomic mass is 35.5. The molecule has 0 saturated heterocycles. The molecule has 0 atom stereocenters. The van der Waals surface area contributed by atoms with Crippen molar-refractivity contribution < 1.29 is 13.5 Å². The van der Waals surface area contributed by atoms with Gasteiger partial charge in [0, 0.05) is 17.1 Å².